The van der Waals surface area contributed by atoms with Gasteiger partial charge in [-0.2, -0.15) is 4.31 Å². The highest BCUT2D eigenvalue weighted by Crippen LogP contribution is 2.29. The van der Waals surface area contributed by atoms with E-state index in [-0.39, 0.29) is 35.3 Å². The highest BCUT2D eigenvalue weighted by Gasteiger charge is 2.32. The maximum Gasteiger partial charge on any atom is 0.271 e. The quantitative estimate of drug-likeness (QED) is 0.494. The van der Waals surface area contributed by atoms with Crippen molar-refractivity contribution in [2.45, 2.75) is 17.9 Å². The molecule has 0 radical (unpaired) electrons. The first-order valence-corrected chi connectivity index (χ1v) is 11.0. The number of anilines is 1. The molecule has 1 aliphatic rings. The van der Waals surface area contributed by atoms with E-state index < -0.39 is 21.0 Å². The lowest BCUT2D eigenvalue weighted by Gasteiger charge is -2.36. The number of carbonyl (C=O) groups excluding carboxylic acids is 1. The number of ether oxygens (including phenoxy) is 1. The SMILES string of the molecule is COc1ccc([N+](=O)[O-])cc1NC(=O)C(C)N1CCN(S(=O)(=O)c2cccnc2)CC1. The molecule has 0 saturated carbocycles. The number of nitrogens with zero attached hydrogens (tertiary/aromatic N) is 4. The van der Waals surface area contributed by atoms with Crippen LogP contribution in [0.4, 0.5) is 11.4 Å². The number of nitro benzene ring substituents is 1. The van der Waals surface area contributed by atoms with E-state index in [0.29, 0.717) is 18.8 Å². The Labute approximate surface area is 179 Å². The molecule has 1 N–H and O–H groups in total. The molecule has 1 saturated heterocycles. The molecule has 1 unspecified atom stereocenters. The fourth-order valence-corrected chi connectivity index (χ4v) is 4.68. The van der Waals surface area contributed by atoms with Gasteiger partial charge in [0.15, 0.2) is 0 Å². The molecule has 2 aromatic rings. The standard InChI is InChI=1S/C19H23N5O6S/c1-14(19(25)21-17-12-15(24(26)27)5-6-18(17)30-2)22-8-10-23(11-9-22)31(28,29)16-4-3-7-20-13-16/h3-7,12-14H,8-11H2,1-2H3,(H,21,25). The number of benzene rings is 1. The van der Waals surface area contributed by atoms with E-state index in [1.165, 1.54) is 48.1 Å². The average molecular weight is 449 g/mol. The minimum Gasteiger partial charge on any atom is -0.495 e. The van der Waals surface area contributed by atoms with E-state index in [4.69, 9.17) is 4.74 Å². The van der Waals surface area contributed by atoms with Crippen molar-refractivity contribution in [3.63, 3.8) is 0 Å². The summed E-state index contributed by atoms with van der Waals surface area (Å²) in [6.45, 7) is 2.88. The molecule has 12 heteroatoms. The second kappa shape index (κ2) is 9.37. The number of aromatic nitrogens is 1. The number of amides is 1. The summed E-state index contributed by atoms with van der Waals surface area (Å²) in [7, 11) is -2.23. The van der Waals surface area contributed by atoms with E-state index in [1.807, 2.05) is 4.90 Å². The van der Waals surface area contributed by atoms with Crippen LogP contribution in [0.25, 0.3) is 0 Å². The zero-order valence-corrected chi connectivity index (χ0v) is 17.9. The third-order valence-corrected chi connectivity index (χ3v) is 7.01. The van der Waals surface area contributed by atoms with E-state index in [2.05, 4.69) is 10.3 Å². The van der Waals surface area contributed by atoms with Crippen molar-refractivity contribution >= 4 is 27.3 Å². The Hall–Kier alpha value is -3.09. The van der Waals surface area contributed by atoms with Crippen LogP contribution in [0.15, 0.2) is 47.6 Å². The van der Waals surface area contributed by atoms with Gasteiger partial charge in [-0.1, -0.05) is 0 Å². The van der Waals surface area contributed by atoms with Crippen molar-refractivity contribution < 1.29 is 22.9 Å². The maximum atomic E-state index is 12.7. The zero-order chi connectivity index (χ0) is 22.6. The summed E-state index contributed by atoms with van der Waals surface area (Å²) in [5.74, 6) is -0.0686. The second-order valence-corrected chi connectivity index (χ2v) is 8.87. The molecule has 1 aromatic heterocycles. The smallest absolute Gasteiger partial charge is 0.271 e. The molecular formula is C19H23N5O6S. The molecule has 1 aliphatic heterocycles. The van der Waals surface area contributed by atoms with E-state index in [9.17, 15) is 23.3 Å². The molecule has 0 bridgehead atoms. The summed E-state index contributed by atoms with van der Waals surface area (Å²) in [6, 6.07) is 6.43. The number of hydrogen-bond donors (Lipinski definition) is 1. The highest BCUT2D eigenvalue weighted by molar-refractivity contribution is 7.89. The van der Waals surface area contributed by atoms with Gasteiger partial charge in [0.05, 0.1) is 23.8 Å². The molecule has 2 heterocycles. The number of nitro groups is 1. The van der Waals surface area contributed by atoms with Crippen LogP contribution in [0.3, 0.4) is 0 Å². The van der Waals surface area contributed by atoms with Gasteiger partial charge in [0.25, 0.3) is 5.69 Å². The van der Waals surface area contributed by atoms with Crippen molar-refractivity contribution in [3.05, 3.63) is 52.8 Å². The maximum absolute atomic E-state index is 12.7. The third kappa shape index (κ3) is 4.98. The number of hydrogen-bond acceptors (Lipinski definition) is 8. The summed E-state index contributed by atoms with van der Waals surface area (Å²) in [5, 5.41) is 13.7. The van der Waals surface area contributed by atoms with Crippen LogP contribution in [0.5, 0.6) is 5.75 Å². The Bertz CT molecular complexity index is 1050. The average Bonchev–Trinajstić information content (AvgIpc) is 2.79. The number of rotatable bonds is 7. The Kier molecular flexibility index (Phi) is 6.83. The lowest BCUT2D eigenvalue weighted by atomic mass is 10.2. The zero-order valence-electron chi connectivity index (χ0n) is 17.1. The van der Waals surface area contributed by atoms with Crippen molar-refractivity contribution in [2.24, 2.45) is 0 Å². The fourth-order valence-electron chi connectivity index (χ4n) is 3.29. The van der Waals surface area contributed by atoms with Gasteiger partial charge in [-0.05, 0) is 25.1 Å². The first-order chi connectivity index (χ1) is 14.7. The summed E-state index contributed by atoms with van der Waals surface area (Å²) in [4.78, 5) is 29.1. The first-order valence-electron chi connectivity index (χ1n) is 9.51. The van der Waals surface area contributed by atoms with Gasteiger partial charge in [0.2, 0.25) is 15.9 Å². The van der Waals surface area contributed by atoms with Crippen molar-refractivity contribution in [1.82, 2.24) is 14.2 Å². The van der Waals surface area contributed by atoms with Crippen LogP contribution in [-0.4, -0.2) is 72.8 Å². The van der Waals surface area contributed by atoms with Crippen LogP contribution in [0, 0.1) is 10.1 Å². The van der Waals surface area contributed by atoms with Crippen molar-refractivity contribution in [1.29, 1.82) is 0 Å². The van der Waals surface area contributed by atoms with Gasteiger partial charge in [-0.15, -0.1) is 0 Å². The minimum absolute atomic E-state index is 0.131. The number of piperazine rings is 1. The molecular weight excluding hydrogens is 426 g/mol. The fraction of sp³-hybridized carbons (Fsp3) is 0.368. The molecule has 166 valence electrons. The molecule has 0 spiro atoms. The lowest BCUT2D eigenvalue weighted by Crippen LogP contribution is -2.53. The number of sulfonamides is 1. The summed E-state index contributed by atoms with van der Waals surface area (Å²) >= 11 is 0. The van der Waals surface area contributed by atoms with Gasteiger partial charge in [-0.25, -0.2) is 8.42 Å². The van der Waals surface area contributed by atoms with Crippen molar-refractivity contribution in [3.8, 4) is 5.75 Å². The predicted octanol–water partition coefficient (Wildman–Crippen LogP) is 1.33. The van der Waals surface area contributed by atoms with Gasteiger partial charge in [0, 0.05) is 50.7 Å². The minimum atomic E-state index is -3.64. The summed E-state index contributed by atoms with van der Waals surface area (Å²) in [6.07, 6.45) is 2.82. The van der Waals surface area contributed by atoms with Gasteiger partial charge in [0.1, 0.15) is 10.6 Å². The van der Waals surface area contributed by atoms with Crippen LogP contribution < -0.4 is 10.1 Å². The third-order valence-electron chi connectivity index (χ3n) is 5.12. The molecule has 1 amide bonds. The van der Waals surface area contributed by atoms with Gasteiger partial charge >= 0.3 is 0 Å². The first kappa shape index (κ1) is 22.6. The van der Waals surface area contributed by atoms with Crippen LogP contribution in [0.1, 0.15) is 6.92 Å². The topological polar surface area (TPSA) is 135 Å². The number of nitrogens with one attached hydrogen (secondary N) is 1. The van der Waals surface area contributed by atoms with Crippen LogP contribution in [-0.2, 0) is 14.8 Å². The Balaban J connectivity index is 1.65. The monoisotopic (exact) mass is 449 g/mol. The number of carbonyl (C=O) groups is 1. The van der Waals surface area contributed by atoms with E-state index in [0.717, 1.165) is 0 Å². The van der Waals surface area contributed by atoms with Crippen LogP contribution >= 0.6 is 0 Å². The Morgan fingerprint density at radius 2 is 1.97 bits per heavy atom. The summed E-state index contributed by atoms with van der Waals surface area (Å²) in [5.41, 5.74) is 0.0318. The Morgan fingerprint density at radius 3 is 2.55 bits per heavy atom. The Morgan fingerprint density at radius 1 is 1.26 bits per heavy atom. The van der Waals surface area contributed by atoms with Gasteiger partial charge in [-0.3, -0.25) is 24.8 Å². The van der Waals surface area contributed by atoms with E-state index >= 15 is 0 Å². The lowest BCUT2D eigenvalue weighted by molar-refractivity contribution is -0.384. The molecule has 0 aliphatic carbocycles. The molecule has 3 rings (SSSR count). The van der Waals surface area contributed by atoms with Gasteiger partial charge < -0.3 is 10.1 Å². The molecule has 11 nitrogen and oxygen atoms in total. The largest absolute Gasteiger partial charge is 0.495 e. The molecule has 1 atom stereocenters. The highest BCUT2D eigenvalue weighted by atomic mass is 32.2. The van der Waals surface area contributed by atoms with Crippen LogP contribution in [0.2, 0.25) is 0 Å². The number of methoxy groups -OCH3 is 1. The van der Waals surface area contributed by atoms with E-state index in [1.54, 1.807) is 13.0 Å². The van der Waals surface area contributed by atoms with Crippen molar-refractivity contribution in [2.75, 3.05) is 38.6 Å². The number of non-ortho nitro benzene ring substituents is 1. The predicted molar refractivity (Wildman–Crippen MR) is 112 cm³/mol. The normalized spacial score (nSPS) is 16.5. The molecule has 1 fully saturated rings. The summed E-state index contributed by atoms with van der Waals surface area (Å²) < 4.78 is 32.0. The second-order valence-electron chi connectivity index (χ2n) is 6.94. The molecule has 1 aromatic carbocycles. The molecule has 31 heavy (non-hydrogen) atoms. The number of pyridine rings is 1.